The highest BCUT2D eigenvalue weighted by molar-refractivity contribution is 6.47. The molecule has 1 radical (unpaired) electrons. The van der Waals surface area contributed by atoms with Crippen molar-refractivity contribution in [1.29, 1.82) is 0 Å². The van der Waals surface area contributed by atoms with Gasteiger partial charge >= 0.3 is 7.48 Å². The number of nitrogens with zero attached hydrogens (tertiary/aromatic N) is 2. The molecule has 1 aromatic rings. The molecule has 1 heterocycles. The number of anilines is 1. The molecule has 0 unspecified atom stereocenters. The fraction of sp³-hybridized carbons (Fsp3) is 0.647. The van der Waals surface area contributed by atoms with Gasteiger partial charge in [-0.3, -0.25) is 0 Å². The quantitative estimate of drug-likeness (QED) is 0.601. The molecule has 0 spiro atoms. The number of piperazine rings is 1. The molecule has 1 aliphatic heterocycles. The molecule has 1 aromatic carbocycles. The zero-order valence-electron chi connectivity index (χ0n) is 14.5. The van der Waals surface area contributed by atoms with Crippen LogP contribution < -0.4 is 10.4 Å². The highest BCUT2D eigenvalue weighted by Crippen LogP contribution is 2.24. The Kier molecular flexibility index (Phi) is 5.20. The maximum absolute atomic E-state index is 8.13. The van der Waals surface area contributed by atoms with Gasteiger partial charge in [-0.05, 0) is 33.0 Å². The van der Waals surface area contributed by atoms with E-state index in [0.717, 1.165) is 31.6 Å². The molecule has 22 heavy (non-hydrogen) atoms. The molecule has 2 rings (SSSR count). The summed E-state index contributed by atoms with van der Waals surface area (Å²) in [5.74, 6) is 0. The molecule has 0 amide bonds. The van der Waals surface area contributed by atoms with Gasteiger partial charge in [0, 0.05) is 45.7 Å². The largest absolute Gasteiger partial charge is 0.439 e. The van der Waals surface area contributed by atoms with Crippen molar-refractivity contribution in [2.45, 2.75) is 38.9 Å². The average Bonchev–Trinajstić information content (AvgIpc) is 2.45. The number of hydrogen-bond acceptors (Lipinski definition) is 3. The lowest BCUT2D eigenvalue weighted by molar-refractivity contribution is -0.0893. The molecule has 1 fully saturated rings. The van der Waals surface area contributed by atoms with Gasteiger partial charge in [0.2, 0.25) is 0 Å². The van der Waals surface area contributed by atoms with Crippen molar-refractivity contribution < 1.29 is 9.76 Å². The number of likely N-dealkylation sites (N-methyl/N-ethyl adjacent to an activating group) is 1. The van der Waals surface area contributed by atoms with Crippen LogP contribution in [0.1, 0.15) is 27.7 Å². The van der Waals surface area contributed by atoms with Gasteiger partial charge in [0.05, 0.1) is 0 Å². The van der Waals surface area contributed by atoms with E-state index in [4.69, 9.17) is 9.76 Å². The van der Waals surface area contributed by atoms with Crippen molar-refractivity contribution in [2.24, 2.45) is 0 Å². The van der Waals surface area contributed by atoms with Gasteiger partial charge in [-0.1, -0.05) is 17.6 Å². The van der Waals surface area contributed by atoms with E-state index in [9.17, 15) is 0 Å². The predicted molar refractivity (Wildman–Crippen MR) is 94.4 cm³/mol. The molecule has 0 aliphatic carbocycles. The van der Waals surface area contributed by atoms with E-state index in [1.165, 1.54) is 5.69 Å². The first-order valence-corrected chi connectivity index (χ1v) is 7.99. The topological polar surface area (TPSA) is 38.6 Å². The Balaban J connectivity index is 1.92. The zero-order chi connectivity index (χ0) is 16.4. The third-order valence-electron chi connectivity index (χ3n) is 4.76. The zero-order valence-corrected chi connectivity index (χ0v) is 14.5. The lowest BCUT2D eigenvalue weighted by Gasteiger charge is -2.34. The summed E-state index contributed by atoms with van der Waals surface area (Å²) < 4.78 is 5.85. The Morgan fingerprint density at radius 2 is 1.55 bits per heavy atom. The second kappa shape index (κ2) is 6.61. The third kappa shape index (κ3) is 4.25. The van der Waals surface area contributed by atoms with Gasteiger partial charge in [0.15, 0.2) is 5.60 Å². The molecule has 4 nitrogen and oxygen atoms in total. The average molecular weight is 304 g/mol. The normalized spacial score (nSPS) is 17.6. The Bertz CT molecular complexity index is 474. The van der Waals surface area contributed by atoms with Crippen LogP contribution in [0.4, 0.5) is 5.69 Å². The van der Waals surface area contributed by atoms with E-state index >= 15 is 0 Å². The first-order chi connectivity index (χ1) is 10.2. The number of benzene rings is 1. The van der Waals surface area contributed by atoms with Crippen LogP contribution in [-0.2, 0) is 4.65 Å². The summed E-state index contributed by atoms with van der Waals surface area (Å²) in [6.07, 6.45) is 0. The van der Waals surface area contributed by atoms with Gasteiger partial charge < -0.3 is 19.6 Å². The molecule has 0 atom stereocenters. The number of rotatable bonds is 5. The van der Waals surface area contributed by atoms with E-state index in [-0.39, 0.29) is 0 Å². The number of hydrogen-bond donors (Lipinski definition) is 0. The van der Waals surface area contributed by atoms with Gasteiger partial charge in [0.25, 0.3) is 0 Å². The molecule has 5 heteroatoms. The summed E-state index contributed by atoms with van der Waals surface area (Å²) in [5, 5.41) is 8.13. The smallest absolute Gasteiger partial charge is 0.331 e. The minimum Gasteiger partial charge on any atom is -0.439 e. The van der Waals surface area contributed by atoms with Crippen molar-refractivity contribution in [2.75, 3.05) is 38.1 Å². The molecular weight excluding hydrogens is 275 g/mol. The van der Waals surface area contributed by atoms with Crippen LogP contribution in [0.25, 0.3) is 0 Å². The fourth-order valence-corrected chi connectivity index (χ4v) is 2.19. The first kappa shape index (κ1) is 17.3. The highest BCUT2D eigenvalue weighted by atomic mass is 16.5. The molecule has 0 aromatic heterocycles. The van der Waals surface area contributed by atoms with Crippen LogP contribution in [0, 0.1) is 0 Å². The maximum Gasteiger partial charge on any atom is 0.331 e. The second-order valence-electron chi connectivity index (χ2n) is 7.25. The Labute approximate surface area is 135 Å². The molecular formula is C17H29BN2O2+. The Morgan fingerprint density at radius 1 is 1.00 bits per heavy atom. The van der Waals surface area contributed by atoms with Crippen LogP contribution in [-0.4, -0.2) is 61.9 Å². The van der Waals surface area contributed by atoms with Crippen molar-refractivity contribution in [1.82, 2.24) is 4.90 Å². The summed E-state index contributed by atoms with van der Waals surface area (Å²) in [6, 6.07) is 8.47. The predicted octanol–water partition coefficient (Wildman–Crippen LogP) is 0.981. The van der Waals surface area contributed by atoms with E-state index in [1.807, 2.05) is 27.7 Å². The highest BCUT2D eigenvalue weighted by Gasteiger charge is 2.40. The van der Waals surface area contributed by atoms with Crippen LogP contribution in [0.5, 0.6) is 0 Å². The van der Waals surface area contributed by atoms with E-state index in [2.05, 4.69) is 41.1 Å². The summed E-state index contributed by atoms with van der Waals surface area (Å²) >= 11 is 0. The van der Waals surface area contributed by atoms with Crippen molar-refractivity contribution in [3.8, 4) is 0 Å². The standard InChI is InChI=1S/C17H28BN2O2/c1-16(2,21)17(3,4)22-18-14-6-8-15(9-7-14)20-12-10-19(5)11-13-20/h6-9,21H,10-13H2,1-5H3/p+1. The molecule has 0 saturated carbocycles. The van der Waals surface area contributed by atoms with E-state index in [1.54, 1.807) is 7.48 Å². The minimum absolute atomic E-state index is 0.525. The Hall–Kier alpha value is -1.04. The summed E-state index contributed by atoms with van der Waals surface area (Å²) in [7, 11) is 3.94. The van der Waals surface area contributed by atoms with Crippen molar-refractivity contribution in [3.05, 3.63) is 24.3 Å². The van der Waals surface area contributed by atoms with Gasteiger partial charge in [-0.15, -0.1) is 0 Å². The molecule has 121 valence electrons. The van der Waals surface area contributed by atoms with Gasteiger partial charge in [-0.2, -0.15) is 0 Å². The monoisotopic (exact) mass is 304 g/mol. The molecule has 1 aliphatic rings. The molecule has 1 saturated heterocycles. The molecule has 2 N–H and O–H groups in total. The Morgan fingerprint density at radius 3 is 2.05 bits per heavy atom. The van der Waals surface area contributed by atoms with Crippen LogP contribution in [0.3, 0.4) is 0 Å². The molecule has 0 bridgehead atoms. The van der Waals surface area contributed by atoms with Crippen molar-refractivity contribution in [3.63, 3.8) is 0 Å². The summed E-state index contributed by atoms with van der Waals surface area (Å²) in [6.45, 7) is 12.0. The third-order valence-corrected chi connectivity index (χ3v) is 4.76. The fourth-order valence-electron chi connectivity index (χ4n) is 2.19. The second-order valence-corrected chi connectivity index (χ2v) is 7.25. The van der Waals surface area contributed by atoms with Gasteiger partial charge in [-0.25, -0.2) is 0 Å². The maximum atomic E-state index is 8.13. The summed E-state index contributed by atoms with van der Waals surface area (Å²) in [5.41, 5.74) is 1.13. The van der Waals surface area contributed by atoms with Crippen LogP contribution >= 0.6 is 0 Å². The summed E-state index contributed by atoms with van der Waals surface area (Å²) in [4.78, 5) is 4.78. The van der Waals surface area contributed by atoms with E-state index < -0.39 is 11.2 Å². The first-order valence-electron chi connectivity index (χ1n) is 7.99. The SMILES string of the molecule is CN1CCN(c2ccc([B]OC(C)(C)C(C)(C)[OH2+])cc2)CC1. The van der Waals surface area contributed by atoms with Crippen molar-refractivity contribution >= 4 is 18.6 Å². The lowest BCUT2D eigenvalue weighted by atomic mass is 9.82. The van der Waals surface area contributed by atoms with E-state index in [0.29, 0.717) is 0 Å². The van der Waals surface area contributed by atoms with Crippen LogP contribution in [0.2, 0.25) is 0 Å². The lowest BCUT2D eigenvalue weighted by Crippen LogP contribution is -2.49. The van der Waals surface area contributed by atoms with Crippen LogP contribution in [0.15, 0.2) is 24.3 Å². The van der Waals surface area contributed by atoms with Gasteiger partial charge in [0.1, 0.15) is 5.60 Å². The minimum atomic E-state index is -0.650.